The number of rotatable bonds is 7. The summed E-state index contributed by atoms with van der Waals surface area (Å²) in [6, 6.07) is 0. The molecule has 0 aromatic rings. The molecule has 0 saturated heterocycles. The molecule has 0 radical (unpaired) electrons. The van der Waals surface area contributed by atoms with Crippen LogP contribution in [0.2, 0.25) is 0 Å². The van der Waals surface area contributed by atoms with Gasteiger partial charge in [-0.3, -0.25) is 4.79 Å². The minimum atomic E-state index is -0.935. The molecular weight excluding hydrogens is 240 g/mol. The van der Waals surface area contributed by atoms with E-state index in [4.69, 9.17) is 9.47 Å². The normalized spacial score (nSPS) is 12.8. The lowest BCUT2D eigenvalue weighted by molar-refractivity contribution is -0.144. The highest BCUT2D eigenvalue weighted by molar-refractivity contribution is 5.70. The first-order chi connectivity index (χ1) is 8.51. The summed E-state index contributed by atoms with van der Waals surface area (Å²) in [5, 5.41) is 9.64. The number of aliphatic hydroxyl groups is 1. The molecule has 0 bridgehead atoms. The van der Waals surface area contributed by atoms with Crippen molar-refractivity contribution >= 4 is 12.1 Å². The van der Waals surface area contributed by atoms with Gasteiger partial charge >= 0.3 is 12.1 Å². The average molecular weight is 260 g/mol. The zero-order valence-electron chi connectivity index (χ0n) is 11.0. The summed E-state index contributed by atoms with van der Waals surface area (Å²) in [4.78, 5) is 22.0. The van der Waals surface area contributed by atoms with Crippen LogP contribution in [-0.4, -0.2) is 43.2 Å². The second-order valence-corrected chi connectivity index (χ2v) is 3.47. The molecule has 0 saturated carbocycles. The molecule has 0 fully saturated rings. The molecule has 104 valence electrons. The Hall–Kier alpha value is -1.56. The Labute approximate surface area is 107 Å². The van der Waals surface area contributed by atoms with E-state index in [2.05, 4.69) is 4.74 Å². The molecule has 1 atom stereocenters. The monoisotopic (exact) mass is 260 g/mol. The van der Waals surface area contributed by atoms with Gasteiger partial charge in [0.15, 0.2) is 0 Å². The highest BCUT2D eigenvalue weighted by atomic mass is 16.7. The van der Waals surface area contributed by atoms with Gasteiger partial charge in [0.2, 0.25) is 0 Å². The number of ether oxygens (including phenoxy) is 3. The van der Waals surface area contributed by atoms with Crippen LogP contribution in [0.1, 0.15) is 27.2 Å². The molecule has 0 aliphatic heterocycles. The van der Waals surface area contributed by atoms with Gasteiger partial charge in [0.25, 0.3) is 0 Å². The summed E-state index contributed by atoms with van der Waals surface area (Å²) in [6.07, 6.45) is -0.299. The van der Waals surface area contributed by atoms with E-state index in [9.17, 15) is 14.7 Å². The van der Waals surface area contributed by atoms with E-state index in [-0.39, 0.29) is 26.2 Å². The summed E-state index contributed by atoms with van der Waals surface area (Å²) in [5.74, 6) is -0.468. The summed E-state index contributed by atoms with van der Waals surface area (Å²) < 4.78 is 14.0. The zero-order valence-corrected chi connectivity index (χ0v) is 11.0. The maximum absolute atomic E-state index is 11.1. The minimum absolute atomic E-state index is 0.00937. The zero-order chi connectivity index (χ0) is 14.0. The molecule has 6 nitrogen and oxygen atoms in total. The number of carbonyl (C=O) groups is 2. The van der Waals surface area contributed by atoms with Gasteiger partial charge in [0, 0.05) is 0 Å². The molecule has 0 rings (SSSR count). The Morgan fingerprint density at radius 1 is 1.17 bits per heavy atom. The van der Waals surface area contributed by atoms with Crippen molar-refractivity contribution in [1.29, 1.82) is 0 Å². The molecule has 0 aromatic heterocycles. The van der Waals surface area contributed by atoms with E-state index < -0.39 is 18.2 Å². The number of carbonyl (C=O) groups excluding carboxylic acids is 2. The highest BCUT2D eigenvalue weighted by Crippen LogP contribution is 2.06. The number of aliphatic hydroxyl groups excluding tert-OH is 1. The van der Waals surface area contributed by atoms with E-state index >= 15 is 0 Å². The summed E-state index contributed by atoms with van der Waals surface area (Å²) in [7, 11) is 0. The third-order valence-corrected chi connectivity index (χ3v) is 2.06. The minimum Gasteiger partial charge on any atom is -0.466 e. The van der Waals surface area contributed by atoms with E-state index in [0.29, 0.717) is 5.57 Å². The molecule has 0 spiro atoms. The second-order valence-electron chi connectivity index (χ2n) is 3.47. The number of hydrogen-bond acceptors (Lipinski definition) is 6. The van der Waals surface area contributed by atoms with Crippen LogP contribution in [0.25, 0.3) is 0 Å². The third-order valence-electron chi connectivity index (χ3n) is 2.06. The van der Waals surface area contributed by atoms with Crippen LogP contribution in [0, 0.1) is 0 Å². The topological polar surface area (TPSA) is 82.1 Å². The second kappa shape index (κ2) is 9.47. The van der Waals surface area contributed by atoms with Crippen molar-refractivity contribution in [2.24, 2.45) is 0 Å². The SMILES string of the molecule is CCOC(=O)CC(O)/C(C)=C\COC(=O)OCC. The molecule has 0 amide bonds. The average Bonchev–Trinajstić information content (AvgIpc) is 2.29. The molecule has 0 heterocycles. The lowest BCUT2D eigenvalue weighted by Gasteiger charge is -2.10. The van der Waals surface area contributed by atoms with Gasteiger partial charge < -0.3 is 19.3 Å². The van der Waals surface area contributed by atoms with Crippen LogP contribution in [0.5, 0.6) is 0 Å². The van der Waals surface area contributed by atoms with Gasteiger partial charge in [-0.15, -0.1) is 0 Å². The Balaban J connectivity index is 4.00. The fourth-order valence-corrected chi connectivity index (χ4v) is 1.08. The maximum atomic E-state index is 11.1. The van der Waals surface area contributed by atoms with Crippen molar-refractivity contribution in [3.05, 3.63) is 11.6 Å². The fraction of sp³-hybridized carbons (Fsp3) is 0.667. The van der Waals surface area contributed by atoms with E-state index in [1.807, 2.05) is 0 Å². The molecule has 0 aliphatic rings. The van der Waals surface area contributed by atoms with Gasteiger partial charge in [-0.05, 0) is 32.4 Å². The van der Waals surface area contributed by atoms with Crippen LogP contribution in [0.4, 0.5) is 4.79 Å². The van der Waals surface area contributed by atoms with Crippen LogP contribution in [0.15, 0.2) is 11.6 Å². The van der Waals surface area contributed by atoms with E-state index in [0.717, 1.165) is 0 Å². The Morgan fingerprint density at radius 2 is 1.78 bits per heavy atom. The smallest absolute Gasteiger partial charge is 0.466 e. The lowest BCUT2D eigenvalue weighted by Crippen LogP contribution is -2.17. The van der Waals surface area contributed by atoms with Crippen LogP contribution >= 0.6 is 0 Å². The first-order valence-corrected chi connectivity index (χ1v) is 5.81. The van der Waals surface area contributed by atoms with Gasteiger partial charge in [-0.25, -0.2) is 4.79 Å². The van der Waals surface area contributed by atoms with Crippen molar-refractivity contribution in [2.45, 2.75) is 33.3 Å². The fourth-order valence-electron chi connectivity index (χ4n) is 1.08. The van der Waals surface area contributed by atoms with Crippen LogP contribution in [-0.2, 0) is 19.0 Å². The van der Waals surface area contributed by atoms with Gasteiger partial charge in [-0.2, -0.15) is 0 Å². The predicted octanol–water partition coefficient (Wildman–Crippen LogP) is 1.42. The molecule has 0 aliphatic carbocycles. The number of hydrogen-bond donors (Lipinski definition) is 1. The molecule has 18 heavy (non-hydrogen) atoms. The Morgan fingerprint density at radius 3 is 2.33 bits per heavy atom. The predicted molar refractivity (Wildman–Crippen MR) is 64.0 cm³/mol. The quantitative estimate of drug-likeness (QED) is 0.550. The first kappa shape index (κ1) is 16.4. The summed E-state index contributed by atoms with van der Waals surface area (Å²) in [5.41, 5.74) is 0.535. The first-order valence-electron chi connectivity index (χ1n) is 5.81. The third kappa shape index (κ3) is 7.67. The van der Waals surface area contributed by atoms with E-state index in [1.54, 1.807) is 20.8 Å². The van der Waals surface area contributed by atoms with E-state index in [1.165, 1.54) is 6.08 Å². The van der Waals surface area contributed by atoms with Gasteiger partial charge in [0.05, 0.1) is 25.7 Å². The van der Waals surface area contributed by atoms with Crippen molar-refractivity contribution in [3.8, 4) is 0 Å². The molecule has 6 heteroatoms. The maximum Gasteiger partial charge on any atom is 0.508 e. The largest absolute Gasteiger partial charge is 0.508 e. The van der Waals surface area contributed by atoms with Crippen molar-refractivity contribution < 1.29 is 28.9 Å². The molecule has 1 unspecified atom stereocenters. The number of esters is 1. The molecule has 1 N–H and O–H groups in total. The Kier molecular flexibility index (Phi) is 8.65. The Bertz CT molecular complexity index is 297. The van der Waals surface area contributed by atoms with Gasteiger partial charge in [0.1, 0.15) is 6.61 Å². The van der Waals surface area contributed by atoms with Crippen LogP contribution < -0.4 is 0 Å². The van der Waals surface area contributed by atoms with Crippen molar-refractivity contribution in [3.63, 3.8) is 0 Å². The lowest BCUT2D eigenvalue weighted by atomic mass is 10.1. The van der Waals surface area contributed by atoms with Crippen molar-refractivity contribution in [2.75, 3.05) is 19.8 Å². The highest BCUT2D eigenvalue weighted by Gasteiger charge is 2.13. The summed E-state index contributed by atoms with van der Waals surface area (Å²) in [6.45, 7) is 5.52. The summed E-state index contributed by atoms with van der Waals surface area (Å²) >= 11 is 0. The molecular formula is C12H20O6. The van der Waals surface area contributed by atoms with Crippen molar-refractivity contribution in [1.82, 2.24) is 0 Å². The van der Waals surface area contributed by atoms with Crippen LogP contribution in [0.3, 0.4) is 0 Å². The van der Waals surface area contributed by atoms with Gasteiger partial charge in [-0.1, -0.05) is 0 Å². The molecule has 0 aromatic carbocycles. The standard InChI is InChI=1S/C12H20O6/c1-4-16-11(14)8-10(13)9(3)6-7-18-12(15)17-5-2/h6,10,13H,4-5,7-8H2,1-3H3/b9-6-.